The lowest BCUT2D eigenvalue weighted by molar-refractivity contribution is -0.139. The first-order valence-electron chi connectivity index (χ1n) is 12.4. The predicted octanol–water partition coefficient (Wildman–Crippen LogP) is 2.58. The van der Waals surface area contributed by atoms with Gasteiger partial charge in [0, 0.05) is 31.5 Å². The van der Waals surface area contributed by atoms with Crippen molar-refractivity contribution >= 4 is 23.5 Å². The molecule has 39 heavy (non-hydrogen) atoms. The summed E-state index contributed by atoms with van der Waals surface area (Å²) in [6, 6.07) is 9.15. The summed E-state index contributed by atoms with van der Waals surface area (Å²) < 4.78 is 19.6. The fourth-order valence-corrected chi connectivity index (χ4v) is 4.28. The molecule has 1 aliphatic heterocycles. The number of aliphatic imine (C=N–C) groups is 1. The number of anilines is 1. The molecule has 0 spiro atoms. The number of halogens is 1. The summed E-state index contributed by atoms with van der Waals surface area (Å²) in [6.07, 6.45) is 0.697. The number of likely N-dealkylation sites (N-methyl/N-ethyl adjacent to an activating group) is 1. The van der Waals surface area contributed by atoms with Crippen LogP contribution in [0.1, 0.15) is 41.9 Å². The molecule has 0 fully saturated rings. The zero-order valence-corrected chi connectivity index (χ0v) is 22.2. The average molecular weight is 536 g/mol. The number of Topliss-reactive ketones (excluding diaryl/α,β-unsaturated/α-hetero) is 1. The van der Waals surface area contributed by atoms with Gasteiger partial charge in [-0.05, 0) is 30.7 Å². The minimum atomic E-state index is -0.513. The Kier molecular flexibility index (Phi) is 8.45. The van der Waals surface area contributed by atoms with Crippen molar-refractivity contribution in [3.05, 3.63) is 64.7 Å². The highest BCUT2D eigenvalue weighted by Gasteiger charge is 2.29. The number of nitrogen functional groups attached to an aromatic ring is 1. The number of rotatable bonds is 9. The molecule has 0 aliphatic carbocycles. The SMILES string of the molecule is CCC(=O)CN(C)C(=O)CONC1=N[C@@H](c2ccc(F)cc2-c2cccc(OC)n2)Cc2nc(N)nc(C)c21. The normalized spacial score (nSPS) is 14.3. The number of amidine groups is 1. The monoisotopic (exact) mass is 535 g/mol. The lowest BCUT2D eigenvalue weighted by Crippen LogP contribution is -2.38. The minimum Gasteiger partial charge on any atom is -0.481 e. The number of pyridine rings is 1. The number of hydroxylamine groups is 1. The van der Waals surface area contributed by atoms with E-state index in [1.165, 1.54) is 31.2 Å². The molecule has 11 nitrogen and oxygen atoms in total. The van der Waals surface area contributed by atoms with Crippen molar-refractivity contribution in [2.24, 2.45) is 4.99 Å². The second kappa shape index (κ2) is 11.9. The van der Waals surface area contributed by atoms with E-state index in [1.807, 2.05) is 0 Å². The molecule has 1 atom stereocenters. The van der Waals surface area contributed by atoms with Crippen LogP contribution < -0.4 is 16.0 Å². The topological polar surface area (TPSA) is 145 Å². The van der Waals surface area contributed by atoms with Gasteiger partial charge < -0.3 is 15.4 Å². The number of carbonyl (C=O) groups excluding carboxylic acids is 2. The molecular weight excluding hydrogens is 505 g/mol. The van der Waals surface area contributed by atoms with E-state index in [9.17, 15) is 14.0 Å². The number of carbonyl (C=O) groups is 2. The van der Waals surface area contributed by atoms with Crippen LogP contribution in [0.2, 0.25) is 0 Å². The smallest absolute Gasteiger partial charge is 0.251 e. The van der Waals surface area contributed by atoms with E-state index in [0.717, 1.165) is 0 Å². The number of ether oxygens (including phenoxy) is 1. The van der Waals surface area contributed by atoms with Crippen LogP contribution in [0, 0.1) is 12.7 Å². The number of aryl methyl sites for hydroxylation is 1. The molecule has 12 heteroatoms. The number of fused-ring (bicyclic) bond motifs is 1. The maximum Gasteiger partial charge on any atom is 0.251 e. The quantitative estimate of drug-likeness (QED) is 0.395. The predicted molar refractivity (Wildman–Crippen MR) is 142 cm³/mol. The minimum absolute atomic E-state index is 0.00240. The molecular formula is C27H30FN7O4. The molecule has 3 N–H and O–H groups in total. The van der Waals surface area contributed by atoms with Crippen molar-refractivity contribution < 1.29 is 23.6 Å². The molecule has 1 aliphatic rings. The number of aromatic nitrogens is 3. The Morgan fingerprint density at radius 1 is 1.21 bits per heavy atom. The third kappa shape index (κ3) is 6.34. The van der Waals surface area contributed by atoms with Gasteiger partial charge in [-0.1, -0.05) is 19.1 Å². The fraction of sp³-hybridized carbons (Fsp3) is 0.333. The summed E-state index contributed by atoms with van der Waals surface area (Å²) in [6.45, 7) is 3.17. The Morgan fingerprint density at radius 3 is 2.74 bits per heavy atom. The van der Waals surface area contributed by atoms with Gasteiger partial charge in [-0.3, -0.25) is 19.4 Å². The summed E-state index contributed by atoms with van der Waals surface area (Å²) >= 11 is 0. The largest absolute Gasteiger partial charge is 0.481 e. The van der Waals surface area contributed by atoms with Gasteiger partial charge >= 0.3 is 0 Å². The summed E-state index contributed by atoms with van der Waals surface area (Å²) in [4.78, 5) is 48.9. The second-order valence-electron chi connectivity index (χ2n) is 9.02. The number of methoxy groups -OCH3 is 1. The molecule has 0 unspecified atom stereocenters. The highest BCUT2D eigenvalue weighted by Crippen LogP contribution is 2.36. The van der Waals surface area contributed by atoms with Gasteiger partial charge in [0.2, 0.25) is 11.8 Å². The van der Waals surface area contributed by atoms with E-state index >= 15 is 0 Å². The van der Waals surface area contributed by atoms with Crippen LogP contribution >= 0.6 is 0 Å². The first-order valence-corrected chi connectivity index (χ1v) is 12.4. The molecule has 0 saturated heterocycles. The molecule has 1 amide bonds. The zero-order chi connectivity index (χ0) is 28.1. The third-order valence-electron chi connectivity index (χ3n) is 6.27. The van der Waals surface area contributed by atoms with Crippen LogP contribution in [-0.2, 0) is 20.8 Å². The lowest BCUT2D eigenvalue weighted by Gasteiger charge is -2.26. The summed E-state index contributed by atoms with van der Waals surface area (Å²) in [5, 5.41) is 0. The Labute approximate surface area is 225 Å². The summed E-state index contributed by atoms with van der Waals surface area (Å²) in [7, 11) is 3.04. The van der Waals surface area contributed by atoms with Gasteiger partial charge in [-0.25, -0.2) is 24.8 Å². The van der Waals surface area contributed by atoms with E-state index in [4.69, 9.17) is 20.3 Å². The summed E-state index contributed by atoms with van der Waals surface area (Å²) in [5.74, 6) is -0.0637. The number of benzene rings is 1. The van der Waals surface area contributed by atoms with Crippen LogP contribution in [0.15, 0.2) is 41.4 Å². The molecule has 2 aromatic heterocycles. The second-order valence-corrected chi connectivity index (χ2v) is 9.02. The molecule has 0 radical (unpaired) electrons. The molecule has 0 bridgehead atoms. The Balaban J connectivity index is 1.67. The fourth-order valence-electron chi connectivity index (χ4n) is 4.28. The van der Waals surface area contributed by atoms with E-state index < -0.39 is 11.9 Å². The lowest BCUT2D eigenvalue weighted by atomic mass is 9.91. The number of hydrogen-bond donors (Lipinski definition) is 2. The molecule has 3 aromatic rings. The highest BCUT2D eigenvalue weighted by atomic mass is 19.1. The van der Waals surface area contributed by atoms with Crippen LogP contribution in [0.4, 0.5) is 10.3 Å². The van der Waals surface area contributed by atoms with E-state index in [1.54, 1.807) is 38.1 Å². The maximum atomic E-state index is 14.4. The van der Waals surface area contributed by atoms with Crippen molar-refractivity contribution in [2.75, 3.05) is 33.0 Å². The molecule has 0 saturated carbocycles. The van der Waals surface area contributed by atoms with Crippen molar-refractivity contribution in [1.82, 2.24) is 25.3 Å². The molecule has 1 aromatic carbocycles. The van der Waals surface area contributed by atoms with Crippen molar-refractivity contribution in [1.29, 1.82) is 0 Å². The average Bonchev–Trinajstić information content (AvgIpc) is 2.92. The van der Waals surface area contributed by atoms with E-state index in [-0.39, 0.29) is 30.8 Å². The van der Waals surface area contributed by atoms with Crippen molar-refractivity contribution in [3.8, 4) is 17.1 Å². The number of nitrogens with zero attached hydrogens (tertiary/aromatic N) is 5. The van der Waals surface area contributed by atoms with E-state index in [2.05, 4.69) is 20.4 Å². The van der Waals surface area contributed by atoms with Crippen LogP contribution in [0.5, 0.6) is 5.88 Å². The van der Waals surface area contributed by atoms with Gasteiger partial charge in [-0.2, -0.15) is 0 Å². The van der Waals surface area contributed by atoms with Crippen LogP contribution in [0.25, 0.3) is 11.3 Å². The van der Waals surface area contributed by atoms with Gasteiger partial charge in [0.25, 0.3) is 5.91 Å². The Bertz CT molecular complexity index is 1430. The Morgan fingerprint density at radius 2 is 2.00 bits per heavy atom. The number of nitrogens with one attached hydrogen (secondary N) is 1. The van der Waals surface area contributed by atoms with Crippen LogP contribution in [0.3, 0.4) is 0 Å². The zero-order valence-electron chi connectivity index (χ0n) is 22.2. The van der Waals surface area contributed by atoms with Gasteiger partial charge in [0.1, 0.15) is 5.82 Å². The number of amides is 1. The van der Waals surface area contributed by atoms with Crippen LogP contribution in [-0.4, -0.2) is 64.7 Å². The number of hydrogen-bond acceptors (Lipinski definition) is 10. The first-order chi connectivity index (χ1) is 18.7. The van der Waals surface area contributed by atoms with Crippen molar-refractivity contribution in [3.63, 3.8) is 0 Å². The number of nitrogens with two attached hydrogens (primary N) is 1. The highest BCUT2D eigenvalue weighted by molar-refractivity contribution is 6.01. The Hall–Kier alpha value is -4.45. The third-order valence-corrected chi connectivity index (χ3v) is 6.27. The van der Waals surface area contributed by atoms with Gasteiger partial charge in [-0.15, -0.1) is 0 Å². The first kappa shape index (κ1) is 27.6. The standard InChI is InChI=1S/C27H30FN7O4/c1-5-17(36)13-35(3)24(37)14-39-34-26-25-15(2)30-27(29)33-22(25)12-21(32-26)18-10-9-16(28)11-19(18)20-7-6-8-23(31-20)38-4/h6-11,21H,5,12-14H2,1-4H3,(H,32,34)(H2,29,30,33)/t21-/m1/s1. The summed E-state index contributed by atoms with van der Waals surface area (Å²) in [5.41, 5.74) is 12.3. The molecule has 204 valence electrons. The maximum absolute atomic E-state index is 14.4. The molecule has 4 rings (SSSR count). The van der Waals surface area contributed by atoms with E-state index in [0.29, 0.717) is 58.3 Å². The number of ketones is 1. The molecule has 3 heterocycles. The van der Waals surface area contributed by atoms with Crippen molar-refractivity contribution in [2.45, 2.75) is 32.7 Å². The van der Waals surface area contributed by atoms with Gasteiger partial charge in [0.05, 0.1) is 42.3 Å². The van der Waals surface area contributed by atoms with Gasteiger partial charge in [0.15, 0.2) is 18.2 Å².